The van der Waals surface area contributed by atoms with Crippen LogP contribution in [0.3, 0.4) is 0 Å². The second kappa shape index (κ2) is 7.67. The van der Waals surface area contributed by atoms with Crippen molar-refractivity contribution in [2.75, 3.05) is 0 Å². The zero-order valence-electron chi connectivity index (χ0n) is 14.7. The number of rotatable bonds is 5. The molecule has 0 saturated carbocycles. The Morgan fingerprint density at radius 1 is 0.714 bits per heavy atom. The third kappa shape index (κ3) is 3.86. The van der Waals surface area contributed by atoms with Crippen molar-refractivity contribution in [1.29, 1.82) is 0 Å². The molecule has 0 saturated heterocycles. The standard InChI is InChI=1S/C22H15N3O3/c26-25(27)18-11-13-19(14-12-18)28-22-23-20(16-7-3-1-4-8-16)15-21(24-22)17-9-5-2-6-10-17/h1-15H. The van der Waals surface area contributed by atoms with Crippen LogP contribution in [0.25, 0.3) is 22.5 Å². The van der Waals surface area contributed by atoms with Crippen molar-refractivity contribution in [1.82, 2.24) is 9.97 Å². The monoisotopic (exact) mass is 369 g/mol. The molecule has 0 atom stereocenters. The van der Waals surface area contributed by atoms with Crippen LogP contribution < -0.4 is 4.74 Å². The third-order valence-electron chi connectivity index (χ3n) is 4.10. The maximum Gasteiger partial charge on any atom is 0.323 e. The van der Waals surface area contributed by atoms with Crippen molar-refractivity contribution >= 4 is 5.69 Å². The van der Waals surface area contributed by atoms with Gasteiger partial charge in [0.25, 0.3) is 5.69 Å². The molecule has 0 aliphatic heterocycles. The normalized spacial score (nSPS) is 10.4. The molecular weight excluding hydrogens is 354 g/mol. The molecule has 28 heavy (non-hydrogen) atoms. The summed E-state index contributed by atoms with van der Waals surface area (Å²) in [5, 5.41) is 10.8. The van der Waals surface area contributed by atoms with Crippen molar-refractivity contribution in [3.8, 4) is 34.3 Å². The first-order chi connectivity index (χ1) is 13.7. The summed E-state index contributed by atoms with van der Waals surface area (Å²) in [6.45, 7) is 0. The van der Waals surface area contributed by atoms with E-state index in [1.165, 1.54) is 24.3 Å². The minimum Gasteiger partial charge on any atom is -0.424 e. The van der Waals surface area contributed by atoms with Crippen molar-refractivity contribution in [3.05, 3.63) is 101 Å². The number of ether oxygens (including phenoxy) is 1. The number of nitrogens with zero attached hydrogens (tertiary/aromatic N) is 3. The van der Waals surface area contributed by atoms with E-state index in [1.54, 1.807) is 0 Å². The Kier molecular flexibility index (Phi) is 4.76. The van der Waals surface area contributed by atoms with E-state index in [4.69, 9.17) is 4.74 Å². The summed E-state index contributed by atoms with van der Waals surface area (Å²) >= 11 is 0. The van der Waals surface area contributed by atoms with Gasteiger partial charge in [0.1, 0.15) is 5.75 Å². The smallest absolute Gasteiger partial charge is 0.323 e. The lowest BCUT2D eigenvalue weighted by molar-refractivity contribution is -0.384. The average molecular weight is 369 g/mol. The highest BCUT2D eigenvalue weighted by molar-refractivity contribution is 5.68. The lowest BCUT2D eigenvalue weighted by Crippen LogP contribution is -1.97. The molecular formula is C22H15N3O3. The molecule has 6 nitrogen and oxygen atoms in total. The summed E-state index contributed by atoms with van der Waals surface area (Å²) in [6.07, 6.45) is 0. The van der Waals surface area contributed by atoms with Crippen LogP contribution in [-0.2, 0) is 0 Å². The molecule has 0 aliphatic rings. The van der Waals surface area contributed by atoms with Gasteiger partial charge in [-0.25, -0.2) is 0 Å². The van der Waals surface area contributed by atoms with Gasteiger partial charge in [-0.1, -0.05) is 60.7 Å². The largest absolute Gasteiger partial charge is 0.424 e. The fraction of sp³-hybridized carbons (Fsp3) is 0. The van der Waals surface area contributed by atoms with Crippen LogP contribution in [0.2, 0.25) is 0 Å². The predicted octanol–water partition coefficient (Wildman–Crippen LogP) is 5.51. The van der Waals surface area contributed by atoms with Crippen molar-refractivity contribution in [3.63, 3.8) is 0 Å². The molecule has 4 aromatic rings. The molecule has 0 N–H and O–H groups in total. The van der Waals surface area contributed by atoms with E-state index >= 15 is 0 Å². The number of hydrogen-bond acceptors (Lipinski definition) is 5. The minimum atomic E-state index is -0.455. The quantitative estimate of drug-likeness (QED) is 0.342. The SMILES string of the molecule is O=[N+]([O-])c1ccc(Oc2nc(-c3ccccc3)cc(-c3ccccc3)n2)cc1. The zero-order chi connectivity index (χ0) is 19.3. The van der Waals surface area contributed by atoms with Gasteiger partial charge in [0.2, 0.25) is 0 Å². The van der Waals surface area contributed by atoms with Gasteiger partial charge in [0.15, 0.2) is 0 Å². The first-order valence-electron chi connectivity index (χ1n) is 8.61. The molecule has 1 aromatic heterocycles. The Bertz CT molecular complexity index is 1040. The van der Waals surface area contributed by atoms with E-state index < -0.39 is 4.92 Å². The molecule has 0 spiro atoms. The molecule has 1 heterocycles. The Hall–Kier alpha value is -4.06. The topological polar surface area (TPSA) is 78.2 Å². The molecule has 136 valence electrons. The van der Waals surface area contributed by atoms with Gasteiger partial charge in [-0.05, 0) is 18.2 Å². The van der Waals surface area contributed by atoms with E-state index in [0.717, 1.165) is 22.5 Å². The van der Waals surface area contributed by atoms with Gasteiger partial charge in [-0.3, -0.25) is 10.1 Å². The van der Waals surface area contributed by atoms with E-state index in [0.29, 0.717) is 5.75 Å². The summed E-state index contributed by atoms with van der Waals surface area (Å²) in [4.78, 5) is 19.4. The lowest BCUT2D eigenvalue weighted by Gasteiger charge is -2.09. The van der Waals surface area contributed by atoms with E-state index in [9.17, 15) is 10.1 Å². The zero-order valence-corrected chi connectivity index (χ0v) is 14.7. The Labute approximate surface area is 161 Å². The predicted molar refractivity (Wildman–Crippen MR) is 106 cm³/mol. The molecule has 0 aliphatic carbocycles. The van der Waals surface area contributed by atoms with Crippen LogP contribution in [0.15, 0.2) is 91.0 Å². The maximum absolute atomic E-state index is 10.8. The van der Waals surface area contributed by atoms with Gasteiger partial charge in [-0.15, -0.1) is 0 Å². The molecule has 0 bridgehead atoms. The second-order valence-electron chi connectivity index (χ2n) is 6.01. The minimum absolute atomic E-state index is 0.00345. The van der Waals surface area contributed by atoms with Crippen LogP contribution in [0.1, 0.15) is 0 Å². The molecule has 0 fully saturated rings. The molecule has 3 aromatic carbocycles. The summed E-state index contributed by atoms with van der Waals surface area (Å²) in [6, 6.07) is 27.4. The van der Waals surface area contributed by atoms with Crippen molar-refractivity contribution in [2.45, 2.75) is 0 Å². The van der Waals surface area contributed by atoms with Gasteiger partial charge in [0.05, 0.1) is 16.3 Å². The van der Waals surface area contributed by atoms with Crippen molar-refractivity contribution in [2.24, 2.45) is 0 Å². The fourth-order valence-corrected chi connectivity index (χ4v) is 2.73. The van der Waals surface area contributed by atoms with Crippen LogP contribution >= 0.6 is 0 Å². The summed E-state index contributed by atoms with van der Waals surface area (Å²) in [7, 11) is 0. The highest BCUT2D eigenvalue weighted by atomic mass is 16.6. The van der Waals surface area contributed by atoms with Crippen LogP contribution in [-0.4, -0.2) is 14.9 Å². The number of nitro benzene ring substituents is 1. The van der Waals surface area contributed by atoms with E-state index in [2.05, 4.69) is 9.97 Å². The number of non-ortho nitro benzene ring substituents is 1. The third-order valence-corrected chi connectivity index (χ3v) is 4.10. The van der Waals surface area contributed by atoms with E-state index in [-0.39, 0.29) is 11.7 Å². The maximum atomic E-state index is 10.8. The van der Waals surface area contributed by atoms with E-state index in [1.807, 2.05) is 66.7 Å². The number of aromatic nitrogens is 2. The van der Waals surface area contributed by atoms with Gasteiger partial charge >= 0.3 is 6.01 Å². The molecule has 6 heteroatoms. The first-order valence-corrected chi connectivity index (χ1v) is 8.61. The Morgan fingerprint density at radius 3 is 1.68 bits per heavy atom. The lowest BCUT2D eigenvalue weighted by atomic mass is 10.1. The van der Waals surface area contributed by atoms with Crippen LogP contribution in [0.5, 0.6) is 11.8 Å². The Morgan fingerprint density at radius 2 is 1.21 bits per heavy atom. The number of hydrogen-bond donors (Lipinski definition) is 0. The van der Waals surface area contributed by atoms with Crippen LogP contribution in [0, 0.1) is 10.1 Å². The van der Waals surface area contributed by atoms with Gasteiger partial charge < -0.3 is 4.74 Å². The van der Waals surface area contributed by atoms with Crippen molar-refractivity contribution < 1.29 is 9.66 Å². The summed E-state index contributed by atoms with van der Waals surface area (Å²) in [5.74, 6) is 0.426. The average Bonchev–Trinajstić information content (AvgIpc) is 2.75. The highest BCUT2D eigenvalue weighted by Gasteiger charge is 2.11. The van der Waals surface area contributed by atoms with Crippen LogP contribution in [0.4, 0.5) is 5.69 Å². The van der Waals surface area contributed by atoms with Gasteiger partial charge in [0, 0.05) is 23.3 Å². The fourth-order valence-electron chi connectivity index (χ4n) is 2.73. The second-order valence-corrected chi connectivity index (χ2v) is 6.01. The number of benzene rings is 3. The highest BCUT2D eigenvalue weighted by Crippen LogP contribution is 2.28. The van der Waals surface area contributed by atoms with Gasteiger partial charge in [-0.2, -0.15) is 9.97 Å². The summed E-state index contributed by atoms with van der Waals surface area (Å²) in [5.41, 5.74) is 3.33. The number of nitro groups is 1. The molecule has 0 unspecified atom stereocenters. The molecule has 0 radical (unpaired) electrons. The first kappa shape index (κ1) is 17.4. The molecule has 0 amide bonds. The summed E-state index contributed by atoms with van der Waals surface area (Å²) < 4.78 is 5.79. The Balaban J connectivity index is 1.74. The molecule has 4 rings (SSSR count).